The van der Waals surface area contributed by atoms with Crippen molar-refractivity contribution in [3.8, 4) is 0 Å². The van der Waals surface area contributed by atoms with E-state index in [1.54, 1.807) is 35.2 Å². The number of nitrogens with zero attached hydrogens (tertiary/aromatic N) is 2. The van der Waals surface area contributed by atoms with Crippen molar-refractivity contribution in [2.24, 2.45) is 0 Å². The molecule has 1 amide bonds. The first-order valence-electron chi connectivity index (χ1n) is 8.47. The zero-order valence-corrected chi connectivity index (χ0v) is 17.3. The fourth-order valence-electron chi connectivity index (χ4n) is 3.04. The summed E-state index contributed by atoms with van der Waals surface area (Å²) in [5.41, 5.74) is 2.11. The molecule has 8 nitrogen and oxygen atoms in total. The Balaban J connectivity index is 1.89. The first kappa shape index (κ1) is 20.2. The van der Waals surface area contributed by atoms with Gasteiger partial charge in [0.2, 0.25) is 15.9 Å². The molecule has 1 heterocycles. The first-order valence-corrected chi connectivity index (χ1v) is 11.8. The molecule has 0 radical (unpaired) electrons. The summed E-state index contributed by atoms with van der Waals surface area (Å²) >= 11 is 0. The fourth-order valence-corrected chi connectivity index (χ4v) is 4.64. The van der Waals surface area contributed by atoms with Crippen LogP contribution in [0.15, 0.2) is 47.4 Å². The Hall–Kier alpha value is -2.59. The van der Waals surface area contributed by atoms with E-state index >= 15 is 0 Å². The number of sulfonamides is 2. The molecule has 0 saturated heterocycles. The predicted octanol–water partition coefficient (Wildman–Crippen LogP) is 1.79. The molecule has 0 unspecified atom stereocenters. The van der Waals surface area contributed by atoms with E-state index in [1.807, 2.05) is 0 Å². The van der Waals surface area contributed by atoms with Crippen LogP contribution in [0.3, 0.4) is 0 Å². The van der Waals surface area contributed by atoms with Crippen LogP contribution in [-0.2, 0) is 31.3 Å². The average molecular weight is 424 g/mol. The lowest BCUT2D eigenvalue weighted by molar-refractivity contribution is -0.116. The normalized spacial score (nSPS) is 13.9. The molecule has 1 aliphatic heterocycles. The van der Waals surface area contributed by atoms with Crippen molar-refractivity contribution in [3.63, 3.8) is 0 Å². The smallest absolute Gasteiger partial charge is 0.261 e. The van der Waals surface area contributed by atoms with Gasteiger partial charge in [-0.15, -0.1) is 0 Å². The number of carbonyl (C=O) groups is 1. The van der Waals surface area contributed by atoms with Crippen LogP contribution < -0.4 is 13.9 Å². The van der Waals surface area contributed by atoms with E-state index in [0.717, 1.165) is 21.8 Å². The minimum absolute atomic E-state index is 0.0820. The van der Waals surface area contributed by atoms with Crippen LogP contribution in [-0.4, -0.2) is 42.6 Å². The summed E-state index contributed by atoms with van der Waals surface area (Å²) < 4.78 is 52.5. The highest BCUT2D eigenvalue weighted by atomic mass is 32.2. The summed E-state index contributed by atoms with van der Waals surface area (Å²) in [4.78, 5) is 13.3. The summed E-state index contributed by atoms with van der Waals surface area (Å²) in [6, 6.07) is 10.8. The van der Waals surface area contributed by atoms with E-state index in [0.29, 0.717) is 18.7 Å². The lowest BCUT2D eigenvalue weighted by Crippen LogP contribution is -2.25. The van der Waals surface area contributed by atoms with Crippen molar-refractivity contribution < 1.29 is 21.6 Å². The van der Waals surface area contributed by atoms with Gasteiger partial charge in [-0.2, -0.15) is 0 Å². The monoisotopic (exact) mass is 423 g/mol. The highest BCUT2D eigenvalue weighted by molar-refractivity contribution is 7.92. The Morgan fingerprint density at radius 1 is 1.11 bits per heavy atom. The molecule has 0 bridgehead atoms. The quantitative estimate of drug-likeness (QED) is 0.790. The molecule has 0 atom stereocenters. The molecule has 0 fully saturated rings. The molecule has 150 valence electrons. The van der Waals surface area contributed by atoms with Gasteiger partial charge in [0.15, 0.2) is 0 Å². The maximum absolute atomic E-state index is 12.8. The standard InChI is InChI=1S/C18H21N3O5S2/c1-13(22)21-10-9-14-11-17(7-8-18(14)21)28(25,26)19-15-5-4-6-16(12-15)20(2)27(3,23)24/h4-8,11-12,19H,9-10H2,1-3H3. The van der Waals surface area contributed by atoms with Gasteiger partial charge in [0.05, 0.1) is 22.5 Å². The summed E-state index contributed by atoms with van der Waals surface area (Å²) in [5.74, 6) is -0.0840. The molecule has 10 heteroatoms. The van der Waals surface area contributed by atoms with Crippen LogP contribution in [0, 0.1) is 0 Å². The molecule has 3 rings (SSSR count). The third-order valence-electron chi connectivity index (χ3n) is 4.60. The van der Waals surface area contributed by atoms with Gasteiger partial charge < -0.3 is 4.90 Å². The predicted molar refractivity (Wildman–Crippen MR) is 109 cm³/mol. The van der Waals surface area contributed by atoms with Crippen LogP contribution in [0.25, 0.3) is 0 Å². The number of amides is 1. The lowest BCUT2D eigenvalue weighted by atomic mass is 10.2. The molecule has 0 saturated carbocycles. The van der Waals surface area contributed by atoms with Crippen molar-refractivity contribution in [2.45, 2.75) is 18.2 Å². The summed E-state index contributed by atoms with van der Waals surface area (Å²) in [6.45, 7) is 2.00. The Morgan fingerprint density at radius 2 is 1.82 bits per heavy atom. The van der Waals surface area contributed by atoms with Gasteiger partial charge in [0.1, 0.15) is 0 Å². The van der Waals surface area contributed by atoms with Crippen LogP contribution in [0.1, 0.15) is 12.5 Å². The Morgan fingerprint density at radius 3 is 2.46 bits per heavy atom. The van der Waals surface area contributed by atoms with Crippen molar-refractivity contribution >= 4 is 43.0 Å². The highest BCUT2D eigenvalue weighted by Gasteiger charge is 2.25. The van der Waals surface area contributed by atoms with Crippen molar-refractivity contribution in [2.75, 3.05) is 33.8 Å². The molecular weight excluding hydrogens is 402 g/mol. The van der Waals surface area contributed by atoms with E-state index in [9.17, 15) is 21.6 Å². The maximum Gasteiger partial charge on any atom is 0.261 e. The second-order valence-electron chi connectivity index (χ2n) is 6.60. The largest absolute Gasteiger partial charge is 0.312 e. The van der Waals surface area contributed by atoms with Crippen LogP contribution >= 0.6 is 0 Å². The number of hydrogen-bond acceptors (Lipinski definition) is 5. The SMILES string of the molecule is CC(=O)N1CCc2cc(S(=O)(=O)Nc3cccc(N(C)S(C)(=O)=O)c3)ccc21. The highest BCUT2D eigenvalue weighted by Crippen LogP contribution is 2.31. The molecule has 28 heavy (non-hydrogen) atoms. The van der Waals surface area contributed by atoms with E-state index in [2.05, 4.69) is 4.72 Å². The first-order chi connectivity index (χ1) is 13.0. The number of benzene rings is 2. The fraction of sp³-hybridized carbons (Fsp3) is 0.278. The molecule has 0 aliphatic carbocycles. The van der Waals surface area contributed by atoms with Gasteiger partial charge in [-0.25, -0.2) is 16.8 Å². The van der Waals surface area contributed by atoms with Crippen LogP contribution in [0.4, 0.5) is 17.1 Å². The topological polar surface area (TPSA) is 104 Å². The van der Waals surface area contributed by atoms with Crippen LogP contribution in [0.2, 0.25) is 0 Å². The molecule has 0 aromatic heterocycles. The summed E-state index contributed by atoms with van der Waals surface area (Å²) in [5, 5.41) is 0. The number of carbonyl (C=O) groups excluding carboxylic acids is 1. The Labute approximate surface area is 164 Å². The number of rotatable bonds is 5. The van der Waals surface area contributed by atoms with E-state index in [-0.39, 0.29) is 16.5 Å². The Kier molecular flexibility index (Phi) is 5.11. The van der Waals surface area contributed by atoms with Crippen molar-refractivity contribution in [3.05, 3.63) is 48.0 Å². The van der Waals surface area contributed by atoms with Crippen molar-refractivity contribution in [1.29, 1.82) is 0 Å². The lowest BCUT2D eigenvalue weighted by Gasteiger charge is -2.18. The van der Waals surface area contributed by atoms with Crippen LogP contribution in [0.5, 0.6) is 0 Å². The second kappa shape index (κ2) is 7.10. The zero-order chi connectivity index (χ0) is 20.7. The number of fused-ring (bicyclic) bond motifs is 1. The molecule has 1 N–H and O–H groups in total. The number of anilines is 3. The minimum atomic E-state index is -3.87. The Bertz CT molecular complexity index is 1140. The minimum Gasteiger partial charge on any atom is -0.312 e. The van der Waals surface area contributed by atoms with Gasteiger partial charge in [0, 0.05) is 26.2 Å². The maximum atomic E-state index is 12.8. The molecule has 2 aromatic carbocycles. The van der Waals surface area contributed by atoms with Gasteiger partial charge >= 0.3 is 0 Å². The summed E-state index contributed by atoms with van der Waals surface area (Å²) in [7, 11) is -5.94. The molecule has 0 spiro atoms. The van der Waals surface area contributed by atoms with Gasteiger partial charge in [-0.05, 0) is 48.4 Å². The average Bonchev–Trinajstić information content (AvgIpc) is 3.03. The van der Waals surface area contributed by atoms with E-state index < -0.39 is 20.0 Å². The third kappa shape index (κ3) is 3.97. The number of nitrogens with one attached hydrogen (secondary N) is 1. The van der Waals surface area contributed by atoms with E-state index in [4.69, 9.17) is 0 Å². The van der Waals surface area contributed by atoms with Crippen molar-refractivity contribution in [1.82, 2.24) is 0 Å². The molecular formula is C18H21N3O5S2. The second-order valence-corrected chi connectivity index (χ2v) is 10.3. The van der Waals surface area contributed by atoms with E-state index in [1.165, 1.54) is 26.1 Å². The number of hydrogen-bond donors (Lipinski definition) is 1. The molecule has 1 aliphatic rings. The molecule has 2 aromatic rings. The summed E-state index contributed by atoms with van der Waals surface area (Å²) in [6.07, 6.45) is 1.66. The van der Waals surface area contributed by atoms with Gasteiger partial charge in [-0.3, -0.25) is 13.8 Å². The van der Waals surface area contributed by atoms with Gasteiger partial charge in [-0.1, -0.05) is 6.07 Å². The van der Waals surface area contributed by atoms with Gasteiger partial charge in [0.25, 0.3) is 10.0 Å². The third-order valence-corrected chi connectivity index (χ3v) is 7.18. The zero-order valence-electron chi connectivity index (χ0n) is 15.7.